The molecule has 4 amide bonds. The Kier molecular flexibility index (Phi) is 6.69. The number of benzene rings is 1. The number of urea groups is 1. The number of rotatable bonds is 6. The molecule has 1 aromatic carbocycles. The Morgan fingerprint density at radius 1 is 1.16 bits per heavy atom. The summed E-state index contributed by atoms with van der Waals surface area (Å²) in [5.41, 5.74) is 0.155. The Hall–Kier alpha value is -2.61. The van der Waals surface area contributed by atoms with E-state index in [0.717, 1.165) is 50.2 Å². The van der Waals surface area contributed by atoms with Crippen molar-refractivity contribution in [2.24, 2.45) is 0 Å². The predicted octanol–water partition coefficient (Wildman–Crippen LogP) is 2.03. The highest BCUT2D eigenvalue weighted by atomic mass is 16.5. The lowest BCUT2D eigenvalue weighted by Gasteiger charge is -2.39. The molecule has 0 saturated carbocycles. The van der Waals surface area contributed by atoms with E-state index in [2.05, 4.69) is 17.1 Å². The van der Waals surface area contributed by atoms with Gasteiger partial charge in [-0.1, -0.05) is 19.1 Å². The van der Waals surface area contributed by atoms with Gasteiger partial charge in [-0.3, -0.25) is 14.5 Å². The minimum atomic E-state index is -0.767. The van der Waals surface area contributed by atoms with E-state index in [1.165, 1.54) is 4.90 Å². The number of piperidine rings is 2. The lowest BCUT2D eigenvalue weighted by atomic mass is 9.87. The summed E-state index contributed by atoms with van der Waals surface area (Å²) in [6.45, 7) is 5.89. The number of carbonyl (C=O) groups is 3. The topological polar surface area (TPSA) is 82.2 Å². The van der Waals surface area contributed by atoms with Gasteiger partial charge in [-0.05, 0) is 56.3 Å². The van der Waals surface area contributed by atoms with Crippen molar-refractivity contribution in [3.05, 3.63) is 29.8 Å². The number of hydrogen-bond donors (Lipinski definition) is 1. The molecular weight excluding hydrogens is 408 g/mol. The van der Waals surface area contributed by atoms with Crippen molar-refractivity contribution in [3.63, 3.8) is 0 Å². The third-order valence-corrected chi connectivity index (χ3v) is 7.07. The Morgan fingerprint density at radius 2 is 1.88 bits per heavy atom. The SMILES string of the molecule is CCCN1CCC2(CC1)NC(=O)N([C@H]1CCCN(C(=O)Cc3ccc(OC)cc3)C1)C2=O. The van der Waals surface area contributed by atoms with E-state index in [-0.39, 0.29) is 23.9 Å². The zero-order valence-electron chi connectivity index (χ0n) is 19.1. The smallest absolute Gasteiger partial charge is 0.325 e. The fraction of sp³-hybridized carbons (Fsp3) is 0.625. The van der Waals surface area contributed by atoms with Gasteiger partial charge in [0.1, 0.15) is 11.3 Å². The second kappa shape index (κ2) is 9.48. The highest BCUT2D eigenvalue weighted by molar-refractivity contribution is 6.07. The van der Waals surface area contributed by atoms with Gasteiger partial charge in [-0.15, -0.1) is 0 Å². The number of methoxy groups -OCH3 is 1. The van der Waals surface area contributed by atoms with Gasteiger partial charge in [0, 0.05) is 26.2 Å². The highest BCUT2D eigenvalue weighted by Gasteiger charge is 2.54. The van der Waals surface area contributed by atoms with Crippen LogP contribution in [0.3, 0.4) is 0 Å². The maximum atomic E-state index is 13.4. The van der Waals surface area contributed by atoms with Crippen LogP contribution in [0.1, 0.15) is 44.6 Å². The Morgan fingerprint density at radius 3 is 2.53 bits per heavy atom. The normalized spacial score (nSPS) is 23.5. The molecule has 3 aliphatic heterocycles. The molecule has 174 valence electrons. The van der Waals surface area contributed by atoms with Gasteiger partial charge in [0.2, 0.25) is 5.91 Å². The van der Waals surface area contributed by atoms with Crippen molar-refractivity contribution < 1.29 is 19.1 Å². The van der Waals surface area contributed by atoms with Crippen LogP contribution in [-0.4, -0.2) is 84.0 Å². The minimum Gasteiger partial charge on any atom is -0.497 e. The maximum Gasteiger partial charge on any atom is 0.325 e. The fourth-order valence-corrected chi connectivity index (χ4v) is 5.21. The molecule has 0 bridgehead atoms. The summed E-state index contributed by atoms with van der Waals surface area (Å²) < 4.78 is 5.17. The van der Waals surface area contributed by atoms with E-state index < -0.39 is 5.54 Å². The average Bonchev–Trinajstić information content (AvgIpc) is 3.05. The second-order valence-electron chi connectivity index (χ2n) is 9.19. The number of imide groups is 1. The molecular formula is C24H34N4O4. The van der Waals surface area contributed by atoms with Gasteiger partial charge in [0.25, 0.3) is 5.91 Å². The molecule has 3 saturated heterocycles. The Bertz CT molecular complexity index is 848. The van der Waals surface area contributed by atoms with Crippen LogP contribution in [0.15, 0.2) is 24.3 Å². The molecule has 3 heterocycles. The molecule has 32 heavy (non-hydrogen) atoms. The standard InChI is InChI=1S/C24H34N4O4/c1-3-12-26-14-10-24(11-15-26)22(30)28(23(31)25-24)19-5-4-13-27(17-19)21(29)16-18-6-8-20(32-2)9-7-18/h6-9,19H,3-5,10-17H2,1-2H3,(H,25,31)/t19-/m0/s1. The van der Waals surface area contributed by atoms with Gasteiger partial charge in [0.15, 0.2) is 0 Å². The first kappa shape index (κ1) is 22.6. The average molecular weight is 443 g/mol. The van der Waals surface area contributed by atoms with Crippen molar-refractivity contribution in [1.29, 1.82) is 0 Å². The molecule has 0 radical (unpaired) electrons. The number of nitrogens with one attached hydrogen (secondary N) is 1. The lowest BCUT2D eigenvalue weighted by molar-refractivity contribution is -0.138. The van der Waals surface area contributed by atoms with E-state index in [1.807, 2.05) is 24.3 Å². The molecule has 0 aromatic heterocycles. The van der Waals surface area contributed by atoms with Gasteiger partial charge in [0.05, 0.1) is 19.6 Å². The van der Waals surface area contributed by atoms with Gasteiger partial charge < -0.3 is 19.9 Å². The molecule has 3 fully saturated rings. The Labute approximate surface area is 189 Å². The summed E-state index contributed by atoms with van der Waals surface area (Å²) >= 11 is 0. The molecule has 1 N–H and O–H groups in total. The van der Waals surface area contributed by atoms with Gasteiger partial charge in [-0.2, -0.15) is 0 Å². The van der Waals surface area contributed by atoms with E-state index in [9.17, 15) is 14.4 Å². The van der Waals surface area contributed by atoms with Gasteiger partial charge >= 0.3 is 6.03 Å². The number of nitrogens with zero attached hydrogens (tertiary/aromatic N) is 3. The summed E-state index contributed by atoms with van der Waals surface area (Å²) in [4.78, 5) is 44.7. The van der Waals surface area contributed by atoms with E-state index >= 15 is 0 Å². The van der Waals surface area contributed by atoms with Crippen LogP contribution in [0, 0.1) is 0 Å². The largest absolute Gasteiger partial charge is 0.497 e. The molecule has 8 nitrogen and oxygen atoms in total. The highest BCUT2D eigenvalue weighted by Crippen LogP contribution is 2.32. The summed E-state index contributed by atoms with van der Waals surface area (Å²) in [6.07, 6.45) is 4.22. The maximum absolute atomic E-state index is 13.4. The molecule has 1 atom stereocenters. The van der Waals surface area contributed by atoms with Gasteiger partial charge in [-0.25, -0.2) is 4.79 Å². The van der Waals surface area contributed by atoms with Crippen molar-refractivity contribution in [2.75, 3.05) is 39.8 Å². The van der Waals surface area contributed by atoms with E-state index in [0.29, 0.717) is 32.4 Å². The van der Waals surface area contributed by atoms with Crippen molar-refractivity contribution in [3.8, 4) is 5.75 Å². The van der Waals surface area contributed by atoms with Crippen molar-refractivity contribution >= 4 is 17.8 Å². The predicted molar refractivity (Wildman–Crippen MR) is 120 cm³/mol. The molecule has 4 rings (SSSR count). The van der Waals surface area contributed by atoms with Crippen molar-refractivity contribution in [1.82, 2.24) is 20.0 Å². The number of carbonyl (C=O) groups excluding carboxylic acids is 3. The zero-order valence-corrected chi connectivity index (χ0v) is 19.1. The summed E-state index contributed by atoms with van der Waals surface area (Å²) in [6, 6.07) is 6.92. The third-order valence-electron chi connectivity index (χ3n) is 7.07. The van der Waals surface area contributed by atoms with Crippen LogP contribution in [0.4, 0.5) is 4.79 Å². The van der Waals surface area contributed by atoms with Crippen molar-refractivity contribution in [2.45, 2.75) is 57.0 Å². The lowest BCUT2D eigenvalue weighted by Crippen LogP contribution is -2.56. The first-order valence-corrected chi connectivity index (χ1v) is 11.7. The first-order chi connectivity index (χ1) is 15.5. The minimum absolute atomic E-state index is 0.0227. The molecule has 0 unspecified atom stereocenters. The number of hydrogen-bond acceptors (Lipinski definition) is 5. The third kappa shape index (κ3) is 4.46. The molecule has 8 heteroatoms. The first-order valence-electron chi connectivity index (χ1n) is 11.7. The fourth-order valence-electron chi connectivity index (χ4n) is 5.21. The van der Waals surface area contributed by atoms with Crippen LogP contribution in [0.2, 0.25) is 0 Å². The molecule has 1 aromatic rings. The molecule has 0 aliphatic carbocycles. The number of ether oxygens (including phenoxy) is 1. The quantitative estimate of drug-likeness (QED) is 0.682. The zero-order chi connectivity index (χ0) is 22.7. The summed E-state index contributed by atoms with van der Waals surface area (Å²) in [7, 11) is 1.61. The van der Waals surface area contributed by atoms with Crippen LogP contribution in [0.5, 0.6) is 5.75 Å². The van der Waals surface area contributed by atoms with Crippen LogP contribution in [0.25, 0.3) is 0 Å². The molecule has 1 spiro atoms. The van der Waals surface area contributed by atoms with Crippen LogP contribution in [-0.2, 0) is 16.0 Å². The Balaban J connectivity index is 1.38. The summed E-state index contributed by atoms with van der Waals surface area (Å²) in [5.74, 6) is 0.676. The summed E-state index contributed by atoms with van der Waals surface area (Å²) in [5, 5.41) is 3.02. The van der Waals surface area contributed by atoms with Crippen LogP contribution < -0.4 is 10.1 Å². The molecule has 3 aliphatic rings. The van der Waals surface area contributed by atoms with Crippen LogP contribution >= 0.6 is 0 Å². The number of amides is 4. The van der Waals surface area contributed by atoms with E-state index in [1.54, 1.807) is 12.0 Å². The monoisotopic (exact) mass is 442 g/mol. The second-order valence-corrected chi connectivity index (χ2v) is 9.19. The number of likely N-dealkylation sites (tertiary alicyclic amines) is 2. The van der Waals surface area contributed by atoms with E-state index in [4.69, 9.17) is 4.74 Å².